The van der Waals surface area contributed by atoms with Gasteiger partial charge in [-0.15, -0.1) is 11.3 Å². The van der Waals surface area contributed by atoms with Crippen molar-refractivity contribution in [1.82, 2.24) is 0 Å². The highest BCUT2D eigenvalue weighted by Crippen LogP contribution is 2.23. The fraction of sp³-hybridized carbons (Fsp3) is 0.312. The second kappa shape index (κ2) is 6.09. The fourth-order valence-corrected chi connectivity index (χ4v) is 3.18. The predicted octanol–water partition coefficient (Wildman–Crippen LogP) is 4.35. The van der Waals surface area contributed by atoms with E-state index in [2.05, 4.69) is 10.6 Å². The lowest BCUT2D eigenvalue weighted by atomic mass is 10.2. The average Bonchev–Trinajstić information content (AvgIpc) is 3.13. The SMILES string of the molecule is O=C(Nc1ccc(NC2CCCC2)cc1)c1cccs1. The molecular weight excluding hydrogens is 268 g/mol. The molecule has 0 spiro atoms. The molecule has 1 saturated carbocycles. The second-order valence-electron chi connectivity index (χ2n) is 5.13. The molecule has 0 aliphatic heterocycles. The van der Waals surface area contributed by atoms with Gasteiger partial charge in [-0.2, -0.15) is 0 Å². The molecule has 1 amide bonds. The molecule has 0 saturated heterocycles. The summed E-state index contributed by atoms with van der Waals surface area (Å²) in [7, 11) is 0. The Morgan fingerprint density at radius 1 is 1.05 bits per heavy atom. The number of amides is 1. The van der Waals surface area contributed by atoms with Gasteiger partial charge < -0.3 is 10.6 Å². The Morgan fingerprint density at radius 3 is 2.40 bits per heavy atom. The van der Waals surface area contributed by atoms with Crippen molar-refractivity contribution < 1.29 is 4.79 Å². The van der Waals surface area contributed by atoms with Gasteiger partial charge in [0, 0.05) is 17.4 Å². The lowest BCUT2D eigenvalue weighted by Crippen LogP contribution is -2.14. The quantitative estimate of drug-likeness (QED) is 0.877. The van der Waals surface area contributed by atoms with Crippen molar-refractivity contribution in [3.63, 3.8) is 0 Å². The summed E-state index contributed by atoms with van der Waals surface area (Å²) in [4.78, 5) is 12.7. The molecule has 3 rings (SSSR count). The van der Waals surface area contributed by atoms with Crippen molar-refractivity contribution in [1.29, 1.82) is 0 Å². The molecule has 1 aromatic heterocycles. The Hall–Kier alpha value is -1.81. The molecule has 0 atom stereocenters. The molecule has 4 heteroatoms. The maximum Gasteiger partial charge on any atom is 0.265 e. The zero-order chi connectivity index (χ0) is 13.8. The number of rotatable bonds is 4. The van der Waals surface area contributed by atoms with Crippen LogP contribution in [-0.2, 0) is 0 Å². The molecule has 1 aromatic carbocycles. The highest BCUT2D eigenvalue weighted by atomic mass is 32.1. The van der Waals surface area contributed by atoms with Crippen molar-refractivity contribution in [3.8, 4) is 0 Å². The third-order valence-corrected chi connectivity index (χ3v) is 4.48. The van der Waals surface area contributed by atoms with E-state index in [0.29, 0.717) is 6.04 Å². The maximum absolute atomic E-state index is 11.9. The minimum Gasteiger partial charge on any atom is -0.382 e. The van der Waals surface area contributed by atoms with Crippen LogP contribution in [0.4, 0.5) is 11.4 Å². The normalized spacial score (nSPS) is 15.2. The lowest BCUT2D eigenvalue weighted by Gasteiger charge is -2.13. The van der Waals surface area contributed by atoms with Gasteiger partial charge in [0.15, 0.2) is 0 Å². The first kappa shape index (κ1) is 13.2. The molecule has 1 aliphatic carbocycles. The summed E-state index contributed by atoms with van der Waals surface area (Å²) in [6, 6.07) is 12.3. The van der Waals surface area contributed by atoms with E-state index in [1.165, 1.54) is 37.0 Å². The van der Waals surface area contributed by atoms with Gasteiger partial charge in [-0.25, -0.2) is 0 Å². The summed E-state index contributed by atoms with van der Waals surface area (Å²) >= 11 is 1.45. The van der Waals surface area contributed by atoms with Crippen LogP contribution in [0.15, 0.2) is 41.8 Å². The number of anilines is 2. The van der Waals surface area contributed by atoms with E-state index in [9.17, 15) is 4.79 Å². The zero-order valence-electron chi connectivity index (χ0n) is 11.3. The minimum absolute atomic E-state index is 0.0449. The summed E-state index contributed by atoms with van der Waals surface area (Å²) in [5, 5.41) is 8.35. The van der Waals surface area contributed by atoms with Gasteiger partial charge in [-0.1, -0.05) is 18.9 Å². The van der Waals surface area contributed by atoms with Gasteiger partial charge in [0.25, 0.3) is 5.91 Å². The molecule has 0 bridgehead atoms. The minimum atomic E-state index is -0.0449. The topological polar surface area (TPSA) is 41.1 Å². The molecule has 2 N–H and O–H groups in total. The first-order chi connectivity index (χ1) is 9.81. The predicted molar refractivity (Wildman–Crippen MR) is 84.6 cm³/mol. The van der Waals surface area contributed by atoms with Crippen LogP contribution in [0.5, 0.6) is 0 Å². The molecular formula is C16H18N2OS. The fourth-order valence-electron chi connectivity index (χ4n) is 2.56. The molecule has 20 heavy (non-hydrogen) atoms. The largest absolute Gasteiger partial charge is 0.382 e. The summed E-state index contributed by atoms with van der Waals surface area (Å²) in [5.41, 5.74) is 1.96. The average molecular weight is 286 g/mol. The van der Waals surface area contributed by atoms with Crippen LogP contribution in [0.25, 0.3) is 0 Å². The summed E-state index contributed by atoms with van der Waals surface area (Å²) in [5.74, 6) is -0.0449. The molecule has 0 radical (unpaired) electrons. The van der Waals surface area contributed by atoms with Gasteiger partial charge >= 0.3 is 0 Å². The summed E-state index contributed by atoms with van der Waals surface area (Å²) in [6.45, 7) is 0. The Balaban J connectivity index is 1.59. The van der Waals surface area contributed by atoms with Gasteiger partial charge in [0.2, 0.25) is 0 Å². The van der Waals surface area contributed by atoms with E-state index >= 15 is 0 Å². The van der Waals surface area contributed by atoms with Crippen LogP contribution in [0.3, 0.4) is 0 Å². The highest BCUT2D eigenvalue weighted by molar-refractivity contribution is 7.12. The Labute approximate surface area is 123 Å². The molecule has 2 aromatic rings. The van der Waals surface area contributed by atoms with E-state index in [0.717, 1.165) is 16.3 Å². The molecule has 1 aliphatic rings. The van der Waals surface area contributed by atoms with E-state index in [1.54, 1.807) is 0 Å². The summed E-state index contributed by atoms with van der Waals surface area (Å²) in [6.07, 6.45) is 5.17. The van der Waals surface area contributed by atoms with Crippen molar-refractivity contribution in [3.05, 3.63) is 46.7 Å². The van der Waals surface area contributed by atoms with E-state index in [-0.39, 0.29) is 5.91 Å². The molecule has 3 nitrogen and oxygen atoms in total. The van der Waals surface area contributed by atoms with Crippen molar-refractivity contribution >= 4 is 28.6 Å². The van der Waals surface area contributed by atoms with Gasteiger partial charge in [0.05, 0.1) is 4.88 Å². The van der Waals surface area contributed by atoms with Gasteiger partial charge in [-0.3, -0.25) is 4.79 Å². The monoisotopic (exact) mass is 286 g/mol. The van der Waals surface area contributed by atoms with Crippen LogP contribution in [0.2, 0.25) is 0 Å². The molecule has 1 heterocycles. The Bertz CT molecular complexity index is 557. The van der Waals surface area contributed by atoms with Crippen molar-refractivity contribution in [2.75, 3.05) is 10.6 Å². The number of thiophene rings is 1. The zero-order valence-corrected chi connectivity index (χ0v) is 12.1. The van der Waals surface area contributed by atoms with Crippen LogP contribution < -0.4 is 10.6 Å². The van der Waals surface area contributed by atoms with Crippen LogP contribution >= 0.6 is 11.3 Å². The third-order valence-electron chi connectivity index (χ3n) is 3.61. The van der Waals surface area contributed by atoms with Crippen molar-refractivity contribution in [2.45, 2.75) is 31.7 Å². The lowest BCUT2D eigenvalue weighted by molar-refractivity contribution is 0.103. The third kappa shape index (κ3) is 3.20. The van der Waals surface area contributed by atoms with Crippen LogP contribution in [-0.4, -0.2) is 11.9 Å². The first-order valence-corrected chi connectivity index (χ1v) is 7.91. The number of nitrogens with one attached hydrogen (secondary N) is 2. The number of benzene rings is 1. The van der Waals surface area contributed by atoms with Gasteiger partial charge in [-0.05, 0) is 48.6 Å². The number of hydrogen-bond acceptors (Lipinski definition) is 3. The summed E-state index contributed by atoms with van der Waals surface area (Å²) < 4.78 is 0. The molecule has 104 valence electrons. The van der Waals surface area contributed by atoms with Crippen molar-refractivity contribution in [2.24, 2.45) is 0 Å². The molecule has 1 fully saturated rings. The first-order valence-electron chi connectivity index (χ1n) is 7.03. The van der Waals surface area contributed by atoms with E-state index in [1.807, 2.05) is 41.8 Å². The second-order valence-corrected chi connectivity index (χ2v) is 6.08. The smallest absolute Gasteiger partial charge is 0.265 e. The van der Waals surface area contributed by atoms with E-state index < -0.39 is 0 Å². The van der Waals surface area contributed by atoms with E-state index in [4.69, 9.17) is 0 Å². The standard InChI is InChI=1S/C16H18N2OS/c19-16(15-6-3-11-20-15)18-14-9-7-13(8-10-14)17-12-4-1-2-5-12/h3,6-12,17H,1-2,4-5H2,(H,18,19). The van der Waals surface area contributed by atoms with Crippen LogP contribution in [0.1, 0.15) is 35.4 Å². The Morgan fingerprint density at radius 2 is 1.75 bits per heavy atom. The highest BCUT2D eigenvalue weighted by Gasteiger charge is 2.14. The number of carbonyl (C=O) groups excluding carboxylic acids is 1. The Kier molecular flexibility index (Phi) is 4.02. The number of hydrogen-bond donors (Lipinski definition) is 2. The number of carbonyl (C=O) groups is 1. The van der Waals surface area contributed by atoms with Crippen LogP contribution in [0, 0.1) is 0 Å². The van der Waals surface area contributed by atoms with Gasteiger partial charge in [0.1, 0.15) is 0 Å². The molecule has 0 unspecified atom stereocenters. The maximum atomic E-state index is 11.9.